The van der Waals surface area contributed by atoms with Crippen molar-refractivity contribution in [3.63, 3.8) is 0 Å². The quantitative estimate of drug-likeness (QED) is 0.696. The molecule has 1 aliphatic carbocycles. The highest BCUT2D eigenvalue weighted by molar-refractivity contribution is 6.31. The minimum Gasteiger partial charge on any atom is -0.198 e. The maximum absolute atomic E-state index is 8.91. The molecule has 0 aromatic rings. The van der Waals surface area contributed by atoms with Crippen LogP contribution in [-0.2, 0) is 0 Å². The second-order valence-electron chi connectivity index (χ2n) is 4.41. The number of halogens is 1. The molecule has 15 heavy (non-hydrogen) atoms. The van der Waals surface area contributed by atoms with E-state index < -0.39 is 0 Å². The largest absolute Gasteiger partial charge is 0.198 e. The summed E-state index contributed by atoms with van der Waals surface area (Å²) in [5.74, 6) is 0. The molecule has 0 N–H and O–H groups in total. The Morgan fingerprint density at radius 1 is 1.40 bits per heavy atom. The Balaban J connectivity index is 2.66. The predicted octanol–water partition coefficient (Wildman–Crippen LogP) is 4.33. The lowest BCUT2D eigenvalue weighted by Crippen LogP contribution is -2.07. The van der Waals surface area contributed by atoms with E-state index in [1.165, 1.54) is 0 Å². The topological polar surface area (TPSA) is 23.8 Å². The molecule has 1 nitrogen and oxygen atoms in total. The van der Waals surface area contributed by atoms with Crippen LogP contribution in [0.2, 0.25) is 0 Å². The van der Waals surface area contributed by atoms with E-state index in [0.29, 0.717) is 0 Å². The van der Waals surface area contributed by atoms with E-state index in [0.717, 1.165) is 29.9 Å². The maximum Gasteiger partial charge on any atom is 0.0684 e. The Bertz CT molecular complexity index is 353. The normalized spacial score (nSPS) is 16.4. The monoisotopic (exact) mass is 221 g/mol. The fourth-order valence-electron chi connectivity index (χ4n) is 1.35. The van der Waals surface area contributed by atoms with Crippen molar-refractivity contribution in [3.05, 3.63) is 34.9 Å². The van der Waals surface area contributed by atoms with Crippen LogP contribution in [-0.4, -0.2) is 0 Å². The highest BCUT2D eigenvalue weighted by Gasteiger charge is 2.17. The molecule has 0 saturated carbocycles. The van der Waals surface area contributed by atoms with E-state index in [9.17, 15) is 0 Å². The molecule has 0 heterocycles. The zero-order chi connectivity index (χ0) is 11.3. The molecule has 0 radical (unpaired) electrons. The lowest BCUT2D eigenvalue weighted by Gasteiger charge is -2.15. The van der Waals surface area contributed by atoms with Crippen LogP contribution in [0.1, 0.15) is 33.1 Å². The third kappa shape index (κ3) is 3.93. The number of hydrogen-bond acceptors (Lipinski definition) is 1. The van der Waals surface area contributed by atoms with Gasteiger partial charge in [-0.15, -0.1) is 0 Å². The van der Waals surface area contributed by atoms with E-state index in [1.54, 1.807) is 0 Å². The summed E-state index contributed by atoms with van der Waals surface area (Å²) < 4.78 is 0. The zero-order valence-electron chi connectivity index (χ0n) is 9.26. The molecular formula is C13H16ClN. The molecule has 0 aromatic heterocycles. The first-order valence-corrected chi connectivity index (χ1v) is 5.56. The third-order valence-corrected chi connectivity index (χ3v) is 2.85. The Morgan fingerprint density at radius 3 is 2.73 bits per heavy atom. The average molecular weight is 222 g/mol. The summed E-state index contributed by atoms with van der Waals surface area (Å²) in [4.78, 5) is 0. The molecule has 0 spiro atoms. The van der Waals surface area contributed by atoms with Crippen LogP contribution in [0.15, 0.2) is 34.9 Å². The Kier molecular flexibility index (Phi) is 4.17. The molecule has 0 fully saturated rings. The van der Waals surface area contributed by atoms with Crippen LogP contribution in [0.3, 0.4) is 0 Å². The molecule has 0 atom stereocenters. The van der Waals surface area contributed by atoms with Gasteiger partial charge in [-0.25, -0.2) is 0 Å². The molecule has 1 rings (SSSR count). The van der Waals surface area contributed by atoms with Gasteiger partial charge in [0.2, 0.25) is 0 Å². The first-order valence-electron chi connectivity index (χ1n) is 5.18. The smallest absolute Gasteiger partial charge is 0.0684 e. The molecule has 2 heteroatoms. The molecule has 0 aromatic carbocycles. The summed E-state index contributed by atoms with van der Waals surface area (Å²) >= 11 is 6.12. The van der Waals surface area contributed by atoms with Gasteiger partial charge in [0, 0.05) is 5.03 Å². The summed E-state index contributed by atoms with van der Waals surface area (Å²) in [6.07, 6.45) is 10.8. The van der Waals surface area contributed by atoms with Crippen molar-refractivity contribution in [2.75, 3.05) is 0 Å². The van der Waals surface area contributed by atoms with Crippen LogP contribution in [0, 0.1) is 16.7 Å². The van der Waals surface area contributed by atoms with Gasteiger partial charge in [0.05, 0.1) is 11.5 Å². The first kappa shape index (κ1) is 12.1. The summed E-state index contributed by atoms with van der Waals surface area (Å²) in [5, 5.41) is 9.72. The van der Waals surface area contributed by atoms with E-state index in [-0.39, 0.29) is 5.41 Å². The van der Waals surface area contributed by atoms with E-state index in [2.05, 4.69) is 18.2 Å². The Morgan fingerprint density at radius 2 is 2.07 bits per heavy atom. The van der Waals surface area contributed by atoms with Gasteiger partial charge in [-0.2, -0.15) is 5.26 Å². The van der Waals surface area contributed by atoms with Gasteiger partial charge >= 0.3 is 0 Å². The molecule has 80 valence electrons. The van der Waals surface area contributed by atoms with Crippen molar-refractivity contribution in [1.82, 2.24) is 0 Å². The molecule has 0 bridgehead atoms. The van der Waals surface area contributed by atoms with Gasteiger partial charge < -0.3 is 0 Å². The lowest BCUT2D eigenvalue weighted by molar-refractivity contribution is 0.453. The van der Waals surface area contributed by atoms with Crippen molar-refractivity contribution < 1.29 is 0 Å². The zero-order valence-corrected chi connectivity index (χ0v) is 10.0. The van der Waals surface area contributed by atoms with Crippen LogP contribution in [0.25, 0.3) is 0 Å². The molecule has 0 unspecified atom stereocenters. The number of rotatable bonds is 3. The van der Waals surface area contributed by atoms with Crippen molar-refractivity contribution in [2.45, 2.75) is 33.1 Å². The minimum absolute atomic E-state index is 0.270. The average Bonchev–Trinajstić information content (AvgIpc) is 2.40. The minimum atomic E-state index is -0.270. The van der Waals surface area contributed by atoms with E-state index in [1.807, 2.05) is 26.0 Å². The fourth-order valence-corrected chi connectivity index (χ4v) is 1.60. The van der Waals surface area contributed by atoms with Gasteiger partial charge in [0.1, 0.15) is 0 Å². The number of allylic oxidation sites excluding steroid dienone is 6. The standard InChI is InChI=1S/C13H16ClN/c1-13(2,10-15)9-8-11-6-4-3-5-7-12(11)14/h4-7H,3,8-9H2,1-2H3. The van der Waals surface area contributed by atoms with Gasteiger partial charge in [-0.3, -0.25) is 0 Å². The van der Waals surface area contributed by atoms with Crippen molar-refractivity contribution in [2.24, 2.45) is 5.41 Å². The highest BCUT2D eigenvalue weighted by atomic mass is 35.5. The third-order valence-electron chi connectivity index (χ3n) is 2.48. The van der Waals surface area contributed by atoms with Crippen LogP contribution >= 0.6 is 11.6 Å². The summed E-state index contributed by atoms with van der Waals surface area (Å²) in [5.41, 5.74) is 0.863. The second kappa shape index (κ2) is 5.19. The summed E-state index contributed by atoms with van der Waals surface area (Å²) in [6.45, 7) is 3.91. The van der Waals surface area contributed by atoms with Crippen molar-refractivity contribution in [3.8, 4) is 6.07 Å². The second-order valence-corrected chi connectivity index (χ2v) is 4.82. The molecule has 0 amide bonds. The van der Waals surface area contributed by atoms with Crippen molar-refractivity contribution >= 4 is 11.6 Å². The first-order chi connectivity index (χ1) is 7.05. The fraction of sp³-hybridized carbons (Fsp3) is 0.462. The van der Waals surface area contributed by atoms with Crippen LogP contribution in [0.4, 0.5) is 0 Å². The number of nitriles is 1. The molecule has 1 aliphatic rings. The number of nitrogens with zero attached hydrogens (tertiary/aromatic N) is 1. The maximum atomic E-state index is 8.91. The molecular weight excluding hydrogens is 206 g/mol. The summed E-state index contributed by atoms with van der Waals surface area (Å²) in [6, 6.07) is 2.30. The van der Waals surface area contributed by atoms with Gasteiger partial charge in [0.15, 0.2) is 0 Å². The van der Waals surface area contributed by atoms with E-state index in [4.69, 9.17) is 16.9 Å². The predicted molar refractivity (Wildman–Crippen MR) is 64.4 cm³/mol. The number of hydrogen-bond donors (Lipinski definition) is 0. The van der Waals surface area contributed by atoms with E-state index >= 15 is 0 Å². The van der Waals surface area contributed by atoms with Gasteiger partial charge in [-0.05, 0) is 44.8 Å². The molecule has 0 saturated heterocycles. The lowest BCUT2D eigenvalue weighted by atomic mass is 9.88. The Hall–Kier alpha value is -1.00. The Labute approximate surface area is 96.7 Å². The summed E-state index contributed by atoms with van der Waals surface area (Å²) in [7, 11) is 0. The molecule has 0 aliphatic heterocycles. The van der Waals surface area contributed by atoms with Crippen LogP contribution < -0.4 is 0 Å². The van der Waals surface area contributed by atoms with Gasteiger partial charge in [0.25, 0.3) is 0 Å². The van der Waals surface area contributed by atoms with Gasteiger partial charge in [-0.1, -0.05) is 29.8 Å². The van der Waals surface area contributed by atoms with Crippen molar-refractivity contribution in [1.29, 1.82) is 5.26 Å². The van der Waals surface area contributed by atoms with Crippen LogP contribution in [0.5, 0.6) is 0 Å². The SMILES string of the molecule is CC(C)(C#N)CCC1=C(Cl)C=CCC=C1. The highest BCUT2D eigenvalue weighted by Crippen LogP contribution is 2.27.